The van der Waals surface area contributed by atoms with E-state index in [4.69, 9.17) is 9.84 Å². The zero-order valence-corrected chi connectivity index (χ0v) is 22.3. The summed E-state index contributed by atoms with van der Waals surface area (Å²) in [6.07, 6.45) is 13.6. The molecule has 0 atom stereocenters. The lowest BCUT2D eigenvalue weighted by Crippen LogP contribution is -2.51. The molecule has 0 unspecified atom stereocenters. The van der Waals surface area contributed by atoms with Crippen LogP contribution in [-0.2, 0) is 9.53 Å². The molecule has 6 nitrogen and oxygen atoms in total. The number of amides is 3. The number of carbonyl (C=O) groups excluding carboxylic acids is 2. The number of carbonyl (C=O) groups is 2. The topological polar surface area (TPSA) is 70.1 Å². The third-order valence-electron chi connectivity index (χ3n) is 8.25. The average Bonchev–Trinajstić information content (AvgIpc) is 3.13. The number of aliphatic hydroxyl groups excluding tert-OH is 1. The first-order valence-electron chi connectivity index (χ1n) is 13.7. The number of urea groups is 1. The van der Waals surface area contributed by atoms with Gasteiger partial charge in [0.2, 0.25) is 0 Å². The highest BCUT2D eigenvalue weighted by Gasteiger charge is 2.46. The Hall–Kier alpha value is -1.14. The summed E-state index contributed by atoms with van der Waals surface area (Å²) in [5.41, 5.74) is 0.0638. The van der Waals surface area contributed by atoms with E-state index in [1.165, 1.54) is 32.1 Å². The van der Waals surface area contributed by atoms with Gasteiger partial charge in [-0.05, 0) is 70.1 Å². The molecule has 0 aliphatic carbocycles. The zero-order chi connectivity index (χ0) is 24.7. The van der Waals surface area contributed by atoms with Gasteiger partial charge in [-0.25, -0.2) is 4.79 Å². The number of nitrogens with zero attached hydrogens (tertiary/aromatic N) is 2. The van der Waals surface area contributed by atoms with Crippen LogP contribution in [0, 0.1) is 5.41 Å². The SMILES string of the molecule is CCN1CC(=O)N(C(CC)(CC)CCCCOCCCCC(CC)(CC)CCCCO)C1=O. The van der Waals surface area contributed by atoms with Crippen LogP contribution < -0.4 is 0 Å². The molecule has 1 rings (SSSR count). The van der Waals surface area contributed by atoms with Gasteiger partial charge in [0.1, 0.15) is 6.54 Å². The van der Waals surface area contributed by atoms with Gasteiger partial charge in [0.15, 0.2) is 0 Å². The number of imide groups is 1. The molecule has 33 heavy (non-hydrogen) atoms. The van der Waals surface area contributed by atoms with Crippen molar-refractivity contribution in [1.29, 1.82) is 0 Å². The van der Waals surface area contributed by atoms with Crippen LogP contribution in [0.2, 0.25) is 0 Å². The summed E-state index contributed by atoms with van der Waals surface area (Å²) in [6, 6.07) is -0.117. The molecule has 3 amide bonds. The van der Waals surface area contributed by atoms with Gasteiger partial charge in [0.25, 0.3) is 5.91 Å². The van der Waals surface area contributed by atoms with Gasteiger partial charge in [0, 0.05) is 26.4 Å². The van der Waals surface area contributed by atoms with Crippen molar-refractivity contribution in [3.05, 3.63) is 0 Å². The van der Waals surface area contributed by atoms with Gasteiger partial charge < -0.3 is 14.7 Å². The maximum atomic E-state index is 12.7. The number of ether oxygens (including phenoxy) is 1. The van der Waals surface area contributed by atoms with E-state index in [1.807, 2.05) is 6.92 Å². The molecule has 1 heterocycles. The molecule has 194 valence electrons. The minimum absolute atomic E-state index is 0.0478. The standard InChI is InChI=1S/C27H52N2O4/c1-6-26(7-2,17-11-14-20-30)18-12-15-21-33-22-16-13-19-27(8-3,9-4)29-24(31)23-28(10-5)25(29)32/h30H,6-23H2,1-5H3. The largest absolute Gasteiger partial charge is 0.396 e. The Morgan fingerprint density at radius 2 is 1.33 bits per heavy atom. The van der Waals surface area contributed by atoms with Crippen LogP contribution in [0.15, 0.2) is 0 Å². The fourth-order valence-electron chi connectivity index (χ4n) is 5.45. The molecule has 0 spiro atoms. The molecular weight excluding hydrogens is 416 g/mol. The third-order valence-corrected chi connectivity index (χ3v) is 8.25. The highest BCUT2D eigenvalue weighted by atomic mass is 16.5. The Balaban J connectivity index is 2.33. The molecule has 0 saturated carbocycles. The fourth-order valence-corrected chi connectivity index (χ4v) is 5.45. The van der Waals surface area contributed by atoms with E-state index in [-0.39, 0.29) is 24.0 Å². The number of unbranched alkanes of at least 4 members (excludes halogenated alkanes) is 3. The highest BCUT2D eigenvalue weighted by molar-refractivity contribution is 6.02. The Kier molecular flexibility index (Phi) is 14.2. The molecule has 6 heteroatoms. The number of hydrogen-bond donors (Lipinski definition) is 1. The molecule has 1 aliphatic rings. The van der Waals surface area contributed by atoms with Gasteiger partial charge in [-0.15, -0.1) is 0 Å². The van der Waals surface area contributed by atoms with Crippen LogP contribution in [-0.4, -0.2) is 65.3 Å². The van der Waals surface area contributed by atoms with Crippen LogP contribution in [0.4, 0.5) is 4.79 Å². The number of hydrogen-bond acceptors (Lipinski definition) is 4. The van der Waals surface area contributed by atoms with Crippen molar-refractivity contribution in [1.82, 2.24) is 9.80 Å². The number of likely N-dealkylation sites (N-methyl/N-ethyl adjacent to an activating group) is 1. The quantitative estimate of drug-likeness (QED) is 0.172. The van der Waals surface area contributed by atoms with Crippen molar-refractivity contribution in [2.24, 2.45) is 5.41 Å². The van der Waals surface area contributed by atoms with E-state index >= 15 is 0 Å². The smallest absolute Gasteiger partial charge is 0.327 e. The summed E-state index contributed by atoms with van der Waals surface area (Å²) in [6.45, 7) is 13.4. The minimum Gasteiger partial charge on any atom is -0.396 e. The second kappa shape index (κ2) is 15.7. The van der Waals surface area contributed by atoms with Crippen molar-refractivity contribution < 1.29 is 19.4 Å². The lowest BCUT2D eigenvalue weighted by Gasteiger charge is -2.39. The Morgan fingerprint density at radius 3 is 1.79 bits per heavy atom. The Morgan fingerprint density at radius 1 is 0.788 bits per heavy atom. The molecule has 1 N–H and O–H groups in total. The highest BCUT2D eigenvalue weighted by Crippen LogP contribution is 2.38. The van der Waals surface area contributed by atoms with E-state index in [0.717, 1.165) is 64.6 Å². The average molecular weight is 469 g/mol. The van der Waals surface area contributed by atoms with Gasteiger partial charge >= 0.3 is 6.03 Å². The van der Waals surface area contributed by atoms with Crippen LogP contribution >= 0.6 is 0 Å². The zero-order valence-electron chi connectivity index (χ0n) is 22.3. The van der Waals surface area contributed by atoms with Crippen molar-refractivity contribution in [3.8, 4) is 0 Å². The predicted molar refractivity (Wildman–Crippen MR) is 135 cm³/mol. The second-order valence-electron chi connectivity index (χ2n) is 9.87. The van der Waals surface area contributed by atoms with Gasteiger partial charge in [0.05, 0.1) is 5.54 Å². The first kappa shape index (κ1) is 29.9. The maximum Gasteiger partial charge on any atom is 0.327 e. The first-order valence-corrected chi connectivity index (χ1v) is 13.7. The van der Waals surface area contributed by atoms with E-state index in [1.54, 1.807) is 9.80 Å². The van der Waals surface area contributed by atoms with Gasteiger partial charge in [-0.2, -0.15) is 0 Å². The normalized spacial score (nSPS) is 15.2. The van der Waals surface area contributed by atoms with Crippen LogP contribution in [0.1, 0.15) is 118 Å². The molecule has 0 aromatic rings. The fraction of sp³-hybridized carbons (Fsp3) is 0.926. The summed E-state index contributed by atoms with van der Waals surface area (Å²) in [7, 11) is 0. The molecule has 1 aliphatic heterocycles. The van der Waals surface area contributed by atoms with Gasteiger partial charge in [-0.1, -0.05) is 53.4 Å². The molecule has 1 saturated heterocycles. The summed E-state index contributed by atoms with van der Waals surface area (Å²) in [4.78, 5) is 28.5. The molecule has 0 aromatic carbocycles. The molecule has 0 bridgehead atoms. The molecule has 0 aromatic heterocycles. The van der Waals surface area contributed by atoms with Crippen molar-refractivity contribution in [3.63, 3.8) is 0 Å². The number of aliphatic hydroxyl groups is 1. The molecule has 0 radical (unpaired) electrons. The second-order valence-corrected chi connectivity index (χ2v) is 9.87. The minimum atomic E-state index is -0.363. The van der Waals surface area contributed by atoms with Crippen molar-refractivity contribution in [2.45, 2.75) is 124 Å². The first-order chi connectivity index (χ1) is 15.9. The lowest BCUT2D eigenvalue weighted by molar-refractivity contribution is -0.130. The lowest BCUT2D eigenvalue weighted by atomic mass is 9.74. The van der Waals surface area contributed by atoms with Crippen LogP contribution in [0.3, 0.4) is 0 Å². The van der Waals surface area contributed by atoms with E-state index in [2.05, 4.69) is 27.7 Å². The van der Waals surface area contributed by atoms with E-state index in [9.17, 15) is 9.59 Å². The Bertz CT molecular complexity index is 558. The van der Waals surface area contributed by atoms with E-state index in [0.29, 0.717) is 18.6 Å². The maximum absolute atomic E-state index is 12.7. The monoisotopic (exact) mass is 468 g/mol. The number of rotatable bonds is 20. The van der Waals surface area contributed by atoms with Crippen LogP contribution in [0.25, 0.3) is 0 Å². The summed E-state index contributed by atoms with van der Waals surface area (Å²) in [5.74, 6) is -0.0478. The van der Waals surface area contributed by atoms with Crippen LogP contribution in [0.5, 0.6) is 0 Å². The molecular formula is C27H52N2O4. The van der Waals surface area contributed by atoms with Gasteiger partial charge in [-0.3, -0.25) is 9.69 Å². The summed E-state index contributed by atoms with van der Waals surface area (Å²) < 4.78 is 5.91. The Labute approximate surface area is 203 Å². The molecule has 1 fully saturated rings. The third kappa shape index (κ3) is 8.54. The van der Waals surface area contributed by atoms with Crippen molar-refractivity contribution in [2.75, 3.05) is 32.9 Å². The summed E-state index contributed by atoms with van der Waals surface area (Å²) >= 11 is 0. The van der Waals surface area contributed by atoms with E-state index < -0.39 is 0 Å². The summed E-state index contributed by atoms with van der Waals surface area (Å²) in [5, 5.41) is 9.06. The van der Waals surface area contributed by atoms with Crippen molar-refractivity contribution >= 4 is 11.9 Å². The predicted octanol–water partition coefficient (Wildman–Crippen LogP) is 6.16.